The molecule has 2 N–H and O–H groups in total. The van der Waals surface area contributed by atoms with Crippen LogP contribution in [0.2, 0.25) is 0 Å². The van der Waals surface area contributed by atoms with Crippen molar-refractivity contribution in [1.29, 1.82) is 0 Å². The van der Waals surface area contributed by atoms with Crippen LogP contribution in [0.3, 0.4) is 0 Å². The Morgan fingerprint density at radius 2 is 2.15 bits per heavy atom. The van der Waals surface area contributed by atoms with Crippen molar-refractivity contribution in [2.24, 2.45) is 5.92 Å². The van der Waals surface area contributed by atoms with E-state index in [1.54, 1.807) is 6.07 Å². The van der Waals surface area contributed by atoms with Crippen LogP contribution < -0.4 is 10.6 Å². The molecular formula is C15H17FN2OS. The smallest absolute Gasteiger partial charge is 0.261 e. The normalized spacial score (nSPS) is 16.4. The first kappa shape index (κ1) is 13.5. The van der Waals surface area contributed by atoms with Crippen LogP contribution in [-0.2, 0) is 0 Å². The first-order valence-corrected chi connectivity index (χ1v) is 7.72. The first-order chi connectivity index (χ1) is 9.72. The molecule has 0 spiro atoms. The van der Waals surface area contributed by atoms with E-state index >= 15 is 0 Å². The summed E-state index contributed by atoms with van der Waals surface area (Å²) in [6, 6.07) is 6.44. The van der Waals surface area contributed by atoms with Gasteiger partial charge in [0.1, 0.15) is 5.82 Å². The van der Waals surface area contributed by atoms with E-state index in [0.29, 0.717) is 10.8 Å². The summed E-state index contributed by atoms with van der Waals surface area (Å²) in [4.78, 5) is 12.8. The van der Waals surface area contributed by atoms with Crippen molar-refractivity contribution >= 4 is 27.3 Å². The van der Waals surface area contributed by atoms with Crippen LogP contribution in [0.1, 0.15) is 22.5 Å². The molecule has 1 aliphatic rings. The zero-order valence-corrected chi connectivity index (χ0v) is 11.9. The Balaban J connectivity index is 1.65. The average molecular weight is 292 g/mol. The van der Waals surface area contributed by atoms with Crippen LogP contribution >= 0.6 is 11.3 Å². The number of rotatable bonds is 3. The second-order valence-corrected chi connectivity index (χ2v) is 6.28. The van der Waals surface area contributed by atoms with Crippen molar-refractivity contribution in [1.82, 2.24) is 10.6 Å². The molecule has 0 atom stereocenters. The SMILES string of the molecule is O=C(NCC1CCNCC1)c1cc2ccc(F)cc2s1. The maximum absolute atomic E-state index is 13.1. The minimum atomic E-state index is -0.263. The lowest BCUT2D eigenvalue weighted by Crippen LogP contribution is -2.35. The van der Waals surface area contributed by atoms with Gasteiger partial charge in [-0.3, -0.25) is 4.79 Å². The number of piperidine rings is 1. The third-order valence-electron chi connectivity index (χ3n) is 3.72. The van der Waals surface area contributed by atoms with E-state index in [1.807, 2.05) is 6.07 Å². The molecular weight excluding hydrogens is 275 g/mol. The lowest BCUT2D eigenvalue weighted by Gasteiger charge is -2.22. The molecule has 5 heteroatoms. The quantitative estimate of drug-likeness (QED) is 0.913. The number of halogens is 1. The second-order valence-electron chi connectivity index (χ2n) is 5.20. The van der Waals surface area contributed by atoms with E-state index in [0.717, 1.165) is 42.6 Å². The third-order valence-corrected chi connectivity index (χ3v) is 4.81. The lowest BCUT2D eigenvalue weighted by atomic mass is 9.98. The molecule has 20 heavy (non-hydrogen) atoms. The highest BCUT2D eigenvalue weighted by molar-refractivity contribution is 7.20. The highest BCUT2D eigenvalue weighted by atomic mass is 32.1. The molecule has 0 saturated carbocycles. The Labute approximate surface area is 121 Å². The number of fused-ring (bicyclic) bond motifs is 1. The molecule has 2 aromatic rings. The Bertz CT molecular complexity index is 619. The molecule has 1 saturated heterocycles. The number of benzene rings is 1. The lowest BCUT2D eigenvalue weighted by molar-refractivity contribution is 0.0948. The highest BCUT2D eigenvalue weighted by Gasteiger charge is 2.15. The molecule has 2 heterocycles. The Morgan fingerprint density at radius 3 is 2.95 bits per heavy atom. The predicted octanol–water partition coefficient (Wildman–Crippen LogP) is 2.77. The van der Waals surface area contributed by atoms with Gasteiger partial charge in [0, 0.05) is 11.2 Å². The van der Waals surface area contributed by atoms with Crippen molar-refractivity contribution < 1.29 is 9.18 Å². The average Bonchev–Trinajstić information content (AvgIpc) is 2.89. The van der Waals surface area contributed by atoms with Crippen LogP contribution in [0.4, 0.5) is 4.39 Å². The fourth-order valence-electron chi connectivity index (χ4n) is 2.53. The molecule has 3 nitrogen and oxygen atoms in total. The molecule has 0 aliphatic carbocycles. The van der Waals surface area contributed by atoms with Gasteiger partial charge in [-0.25, -0.2) is 4.39 Å². The molecule has 1 amide bonds. The maximum Gasteiger partial charge on any atom is 0.261 e. The van der Waals surface area contributed by atoms with Crippen LogP contribution in [0, 0.1) is 11.7 Å². The number of carbonyl (C=O) groups excluding carboxylic acids is 1. The van der Waals surface area contributed by atoms with Gasteiger partial charge in [0.05, 0.1) is 4.88 Å². The van der Waals surface area contributed by atoms with Gasteiger partial charge in [0.15, 0.2) is 0 Å². The fourth-order valence-corrected chi connectivity index (χ4v) is 3.53. The van der Waals surface area contributed by atoms with E-state index < -0.39 is 0 Å². The van der Waals surface area contributed by atoms with Gasteiger partial charge in [-0.15, -0.1) is 11.3 Å². The van der Waals surface area contributed by atoms with Gasteiger partial charge in [-0.1, -0.05) is 6.07 Å². The summed E-state index contributed by atoms with van der Waals surface area (Å²) in [5, 5.41) is 7.22. The van der Waals surface area contributed by atoms with Gasteiger partial charge < -0.3 is 10.6 Å². The van der Waals surface area contributed by atoms with Crippen molar-refractivity contribution in [3.8, 4) is 0 Å². The number of hydrogen-bond acceptors (Lipinski definition) is 3. The Hall–Kier alpha value is -1.46. The number of carbonyl (C=O) groups is 1. The number of amides is 1. The predicted molar refractivity (Wildman–Crippen MR) is 79.7 cm³/mol. The van der Waals surface area contributed by atoms with E-state index in [1.165, 1.54) is 23.5 Å². The first-order valence-electron chi connectivity index (χ1n) is 6.90. The van der Waals surface area contributed by atoms with Gasteiger partial charge in [-0.05, 0) is 55.4 Å². The van der Waals surface area contributed by atoms with E-state index in [2.05, 4.69) is 10.6 Å². The van der Waals surface area contributed by atoms with Crippen molar-refractivity contribution in [3.63, 3.8) is 0 Å². The summed E-state index contributed by atoms with van der Waals surface area (Å²) in [7, 11) is 0. The third kappa shape index (κ3) is 2.99. The zero-order valence-electron chi connectivity index (χ0n) is 11.1. The highest BCUT2D eigenvalue weighted by Crippen LogP contribution is 2.26. The van der Waals surface area contributed by atoms with Crippen molar-refractivity contribution in [2.45, 2.75) is 12.8 Å². The van der Waals surface area contributed by atoms with Crippen molar-refractivity contribution in [2.75, 3.05) is 19.6 Å². The molecule has 1 fully saturated rings. The van der Waals surface area contributed by atoms with Crippen molar-refractivity contribution in [3.05, 3.63) is 35.0 Å². The largest absolute Gasteiger partial charge is 0.351 e. The van der Waals surface area contributed by atoms with E-state index in [4.69, 9.17) is 0 Å². The fraction of sp³-hybridized carbons (Fsp3) is 0.400. The van der Waals surface area contributed by atoms with Crippen LogP contribution in [0.15, 0.2) is 24.3 Å². The Morgan fingerprint density at radius 1 is 1.35 bits per heavy atom. The molecule has 1 aromatic heterocycles. The summed E-state index contributed by atoms with van der Waals surface area (Å²) < 4.78 is 14.0. The van der Waals surface area contributed by atoms with E-state index in [-0.39, 0.29) is 11.7 Å². The van der Waals surface area contributed by atoms with Gasteiger partial charge in [0.2, 0.25) is 0 Å². The summed E-state index contributed by atoms with van der Waals surface area (Å²) in [5.74, 6) is 0.248. The van der Waals surface area contributed by atoms with Gasteiger partial charge in [-0.2, -0.15) is 0 Å². The molecule has 106 valence electrons. The molecule has 0 bridgehead atoms. The molecule has 1 aromatic carbocycles. The zero-order chi connectivity index (χ0) is 13.9. The standard InChI is InChI=1S/C15H17FN2OS/c16-12-2-1-11-7-14(20-13(11)8-12)15(19)18-9-10-3-5-17-6-4-10/h1-2,7-8,10,17H,3-6,9H2,(H,18,19). The van der Waals surface area contributed by atoms with Crippen LogP contribution in [0.25, 0.3) is 10.1 Å². The number of thiophene rings is 1. The topological polar surface area (TPSA) is 41.1 Å². The van der Waals surface area contributed by atoms with Crippen LogP contribution in [0.5, 0.6) is 0 Å². The number of nitrogens with one attached hydrogen (secondary N) is 2. The second kappa shape index (κ2) is 5.89. The summed E-state index contributed by atoms with van der Waals surface area (Å²) in [5.41, 5.74) is 0. The van der Waals surface area contributed by atoms with Gasteiger partial charge >= 0.3 is 0 Å². The monoisotopic (exact) mass is 292 g/mol. The molecule has 0 radical (unpaired) electrons. The minimum absolute atomic E-state index is 0.0508. The number of hydrogen-bond donors (Lipinski definition) is 2. The van der Waals surface area contributed by atoms with E-state index in [9.17, 15) is 9.18 Å². The summed E-state index contributed by atoms with van der Waals surface area (Å²) in [6.07, 6.45) is 2.22. The molecule has 1 aliphatic heterocycles. The van der Waals surface area contributed by atoms with Crippen LogP contribution in [-0.4, -0.2) is 25.5 Å². The maximum atomic E-state index is 13.1. The molecule has 3 rings (SSSR count). The van der Waals surface area contributed by atoms with Gasteiger partial charge in [0.25, 0.3) is 5.91 Å². The summed E-state index contributed by atoms with van der Waals surface area (Å²) in [6.45, 7) is 2.79. The summed E-state index contributed by atoms with van der Waals surface area (Å²) >= 11 is 1.34. The minimum Gasteiger partial charge on any atom is -0.351 e. The Kier molecular flexibility index (Phi) is 3.98. The molecule has 0 unspecified atom stereocenters.